The Morgan fingerprint density at radius 3 is 2.60 bits per heavy atom. The number of aryl methyl sites for hydroxylation is 2. The van der Waals surface area contributed by atoms with Gasteiger partial charge in [0, 0.05) is 23.5 Å². The second-order valence-electron chi connectivity index (χ2n) is 7.03. The van der Waals surface area contributed by atoms with Crippen molar-refractivity contribution < 1.29 is 14.7 Å². The molecular weight excluding hydrogens is 316 g/mol. The van der Waals surface area contributed by atoms with Gasteiger partial charge >= 0.3 is 11.8 Å². The maximum atomic E-state index is 12.2. The van der Waals surface area contributed by atoms with E-state index < -0.39 is 11.8 Å². The van der Waals surface area contributed by atoms with Crippen LogP contribution in [0.2, 0.25) is 0 Å². The van der Waals surface area contributed by atoms with Gasteiger partial charge in [0.2, 0.25) is 0 Å². The van der Waals surface area contributed by atoms with Crippen molar-refractivity contribution in [2.45, 2.75) is 38.2 Å². The first-order valence-electron chi connectivity index (χ1n) is 8.94. The van der Waals surface area contributed by atoms with Crippen molar-refractivity contribution in [1.29, 1.82) is 0 Å². The normalized spacial score (nSPS) is 21.5. The average molecular weight is 338 g/mol. The number of aliphatic hydroxyl groups excluding tert-OH is 1. The number of rotatable bonds is 3. The summed E-state index contributed by atoms with van der Waals surface area (Å²) < 4.78 is 0. The Balaban J connectivity index is 1.46. The van der Waals surface area contributed by atoms with Crippen LogP contribution in [-0.2, 0) is 22.4 Å². The molecule has 0 aromatic heterocycles. The van der Waals surface area contributed by atoms with E-state index >= 15 is 0 Å². The molecule has 1 saturated carbocycles. The van der Waals surface area contributed by atoms with Gasteiger partial charge in [-0.05, 0) is 48.3 Å². The number of benzene rings is 2. The Hall–Kier alpha value is -2.40. The van der Waals surface area contributed by atoms with E-state index in [-0.39, 0.29) is 12.0 Å². The van der Waals surface area contributed by atoms with E-state index in [0.717, 1.165) is 37.5 Å². The second kappa shape index (κ2) is 6.48. The van der Waals surface area contributed by atoms with Crippen molar-refractivity contribution in [3.63, 3.8) is 0 Å². The molecule has 2 aliphatic carbocycles. The Morgan fingerprint density at radius 1 is 1.04 bits per heavy atom. The van der Waals surface area contributed by atoms with Crippen molar-refractivity contribution in [3.8, 4) is 0 Å². The fraction of sp³-hybridized carbons (Fsp3) is 0.400. The highest BCUT2D eigenvalue weighted by molar-refractivity contribution is 6.40. The molecule has 2 amide bonds. The third kappa shape index (κ3) is 3.00. The number of carbonyl (C=O) groups excluding carboxylic acids is 2. The molecule has 2 aromatic carbocycles. The summed E-state index contributed by atoms with van der Waals surface area (Å²) in [7, 11) is 0. The van der Waals surface area contributed by atoms with E-state index in [1.165, 1.54) is 16.5 Å². The van der Waals surface area contributed by atoms with Crippen LogP contribution in [0.4, 0.5) is 5.69 Å². The summed E-state index contributed by atoms with van der Waals surface area (Å²) >= 11 is 0. The summed E-state index contributed by atoms with van der Waals surface area (Å²) in [6, 6.07) is 9.99. The molecule has 2 aromatic rings. The third-order valence-corrected chi connectivity index (χ3v) is 5.48. The topological polar surface area (TPSA) is 78.4 Å². The lowest BCUT2D eigenvalue weighted by molar-refractivity contribution is -0.136. The first kappa shape index (κ1) is 16.1. The molecule has 3 N–H and O–H groups in total. The van der Waals surface area contributed by atoms with Gasteiger partial charge in [-0.1, -0.05) is 30.7 Å². The zero-order chi connectivity index (χ0) is 17.4. The van der Waals surface area contributed by atoms with E-state index in [9.17, 15) is 14.7 Å². The molecule has 0 aliphatic heterocycles. The monoisotopic (exact) mass is 338 g/mol. The standard InChI is InChI=1S/C20H22N2O3/c23-17-6-2-4-14(17)11-21-19(24)20(25)22-16-10-9-13-8-7-12-3-1-5-15(16)18(12)13/h1,3,5,9-10,14,17,23H,2,4,6-8,11H2,(H,21,24)(H,22,25). The van der Waals surface area contributed by atoms with Gasteiger partial charge in [-0.3, -0.25) is 9.59 Å². The van der Waals surface area contributed by atoms with Crippen LogP contribution >= 0.6 is 0 Å². The minimum absolute atomic E-state index is 0.0496. The molecule has 0 spiro atoms. The van der Waals surface area contributed by atoms with E-state index in [4.69, 9.17) is 0 Å². The molecule has 2 aliphatic rings. The molecule has 2 atom stereocenters. The van der Waals surface area contributed by atoms with Crippen LogP contribution < -0.4 is 10.6 Å². The summed E-state index contributed by atoms with van der Waals surface area (Å²) in [6.45, 7) is 0.344. The van der Waals surface area contributed by atoms with E-state index in [2.05, 4.69) is 16.7 Å². The molecule has 4 rings (SSSR count). The molecule has 25 heavy (non-hydrogen) atoms. The molecule has 0 radical (unpaired) electrons. The smallest absolute Gasteiger partial charge is 0.313 e. The van der Waals surface area contributed by atoms with Gasteiger partial charge in [-0.2, -0.15) is 0 Å². The van der Waals surface area contributed by atoms with E-state index in [1.807, 2.05) is 24.3 Å². The molecule has 130 valence electrons. The molecule has 5 nitrogen and oxygen atoms in total. The van der Waals surface area contributed by atoms with Crippen LogP contribution in [0.3, 0.4) is 0 Å². The van der Waals surface area contributed by atoms with Gasteiger partial charge in [0.1, 0.15) is 0 Å². The van der Waals surface area contributed by atoms with Gasteiger partial charge in [0.25, 0.3) is 0 Å². The molecule has 2 unspecified atom stereocenters. The summed E-state index contributed by atoms with van der Waals surface area (Å²) in [4.78, 5) is 24.3. The molecule has 0 bridgehead atoms. The van der Waals surface area contributed by atoms with Crippen LogP contribution in [0, 0.1) is 5.92 Å². The lowest BCUT2D eigenvalue weighted by Crippen LogP contribution is -2.39. The predicted molar refractivity (Wildman–Crippen MR) is 96.3 cm³/mol. The number of carbonyl (C=O) groups is 2. The maximum absolute atomic E-state index is 12.2. The minimum Gasteiger partial charge on any atom is -0.393 e. The fourth-order valence-electron chi connectivity index (χ4n) is 4.09. The molecule has 0 saturated heterocycles. The first-order valence-corrected chi connectivity index (χ1v) is 8.94. The Labute approximate surface area is 146 Å². The van der Waals surface area contributed by atoms with Crippen molar-refractivity contribution in [2.24, 2.45) is 5.92 Å². The maximum Gasteiger partial charge on any atom is 0.313 e. The lowest BCUT2D eigenvalue weighted by atomic mass is 10.0. The van der Waals surface area contributed by atoms with Gasteiger partial charge in [-0.25, -0.2) is 0 Å². The van der Waals surface area contributed by atoms with Crippen molar-refractivity contribution in [3.05, 3.63) is 41.5 Å². The molecule has 0 heterocycles. The zero-order valence-corrected chi connectivity index (χ0v) is 14.0. The van der Waals surface area contributed by atoms with Gasteiger partial charge < -0.3 is 15.7 Å². The van der Waals surface area contributed by atoms with E-state index in [1.54, 1.807) is 0 Å². The van der Waals surface area contributed by atoms with Crippen LogP contribution in [0.15, 0.2) is 30.3 Å². The number of aliphatic hydroxyl groups is 1. The number of hydrogen-bond donors (Lipinski definition) is 3. The predicted octanol–water partition coefficient (Wildman–Crippen LogP) is 2.15. The highest BCUT2D eigenvalue weighted by Gasteiger charge is 2.26. The van der Waals surface area contributed by atoms with Crippen LogP contribution in [0.1, 0.15) is 30.4 Å². The Kier molecular flexibility index (Phi) is 4.17. The van der Waals surface area contributed by atoms with Gasteiger partial charge in [-0.15, -0.1) is 0 Å². The molecule has 5 heteroatoms. The summed E-state index contributed by atoms with van der Waals surface area (Å²) in [5.41, 5.74) is 3.26. The number of hydrogen-bond acceptors (Lipinski definition) is 3. The second-order valence-corrected chi connectivity index (χ2v) is 7.03. The lowest BCUT2D eigenvalue weighted by Gasteiger charge is -2.15. The van der Waals surface area contributed by atoms with Crippen molar-refractivity contribution in [2.75, 3.05) is 11.9 Å². The molecule has 1 fully saturated rings. The summed E-state index contributed by atoms with van der Waals surface area (Å²) in [6.07, 6.45) is 4.29. The highest BCUT2D eigenvalue weighted by atomic mass is 16.3. The number of amides is 2. The quantitative estimate of drug-likeness (QED) is 0.751. The van der Waals surface area contributed by atoms with Crippen molar-refractivity contribution in [1.82, 2.24) is 5.32 Å². The number of anilines is 1. The van der Waals surface area contributed by atoms with Crippen molar-refractivity contribution >= 4 is 28.3 Å². The van der Waals surface area contributed by atoms with Crippen LogP contribution in [0.25, 0.3) is 10.8 Å². The summed E-state index contributed by atoms with van der Waals surface area (Å²) in [5, 5.41) is 17.4. The summed E-state index contributed by atoms with van der Waals surface area (Å²) in [5.74, 6) is -1.26. The van der Waals surface area contributed by atoms with Crippen LogP contribution in [-0.4, -0.2) is 29.6 Å². The Bertz CT molecular complexity index is 836. The highest BCUT2D eigenvalue weighted by Crippen LogP contribution is 2.34. The van der Waals surface area contributed by atoms with E-state index in [0.29, 0.717) is 12.2 Å². The first-order chi connectivity index (χ1) is 12.1. The average Bonchev–Trinajstić information content (AvgIpc) is 3.22. The number of nitrogens with one attached hydrogen (secondary N) is 2. The Morgan fingerprint density at radius 2 is 1.84 bits per heavy atom. The molecular formula is C20H22N2O3. The van der Waals surface area contributed by atoms with Gasteiger partial charge in [0.15, 0.2) is 0 Å². The minimum atomic E-state index is -0.661. The fourth-order valence-corrected chi connectivity index (χ4v) is 4.09. The van der Waals surface area contributed by atoms with Crippen LogP contribution in [0.5, 0.6) is 0 Å². The SMILES string of the molecule is O=C(NCC1CCCC1O)C(=O)Nc1ccc2c3c(cccc13)CC2. The van der Waals surface area contributed by atoms with Gasteiger partial charge in [0.05, 0.1) is 6.10 Å². The third-order valence-electron chi connectivity index (χ3n) is 5.48. The largest absolute Gasteiger partial charge is 0.393 e. The zero-order valence-electron chi connectivity index (χ0n) is 14.0.